The van der Waals surface area contributed by atoms with Crippen LogP contribution < -0.4 is 0 Å². The smallest absolute Gasteiger partial charge is 0.100 e. The van der Waals surface area contributed by atoms with Crippen molar-refractivity contribution < 1.29 is 14.9 Å². The minimum atomic E-state index is -0.761. The van der Waals surface area contributed by atoms with E-state index < -0.39 is 6.10 Å². The van der Waals surface area contributed by atoms with Crippen molar-refractivity contribution in [2.75, 3.05) is 13.2 Å². The monoisotopic (exact) mass is 228 g/mol. The van der Waals surface area contributed by atoms with Crippen LogP contribution >= 0.6 is 0 Å². The van der Waals surface area contributed by atoms with E-state index in [0.717, 1.165) is 18.4 Å². The van der Waals surface area contributed by atoms with Crippen LogP contribution in [-0.4, -0.2) is 35.6 Å². The Morgan fingerprint density at radius 1 is 1.50 bits per heavy atom. The zero-order valence-electron chi connectivity index (χ0n) is 10.4. The maximum Gasteiger partial charge on any atom is 0.100 e. The molecule has 1 aliphatic carbocycles. The molecule has 0 aromatic heterocycles. The minimum Gasteiger partial charge on any atom is -0.394 e. The second-order valence-corrected chi connectivity index (χ2v) is 5.08. The summed E-state index contributed by atoms with van der Waals surface area (Å²) in [6, 6.07) is 0. The van der Waals surface area contributed by atoms with Crippen LogP contribution in [0.3, 0.4) is 0 Å². The first-order chi connectivity index (χ1) is 7.54. The summed E-state index contributed by atoms with van der Waals surface area (Å²) >= 11 is 0. The zero-order chi connectivity index (χ0) is 12.1. The van der Waals surface area contributed by atoms with E-state index in [2.05, 4.69) is 13.5 Å². The molecule has 0 amide bonds. The molecule has 4 unspecified atom stereocenters. The summed E-state index contributed by atoms with van der Waals surface area (Å²) in [4.78, 5) is 0. The summed E-state index contributed by atoms with van der Waals surface area (Å²) in [5.41, 5.74) is 1.16. The first-order valence-electron chi connectivity index (χ1n) is 6.10. The van der Waals surface area contributed by atoms with Crippen molar-refractivity contribution in [1.29, 1.82) is 0 Å². The van der Waals surface area contributed by atoms with Crippen LogP contribution in [0.25, 0.3) is 0 Å². The summed E-state index contributed by atoms with van der Waals surface area (Å²) in [6.45, 7) is 8.26. The lowest BCUT2D eigenvalue weighted by molar-refractivity contribution is -0.0618. The summed E-state index contributed by atoms with van der Waals surface area (Å²) < 4.78 is 5.71. The Morgan fingerprint density at radius 3 is 2.75 bits per heavy atom. The maximum absolute atomic E-state index is 9.28. The summed E-state index contributed by atoms with van der Waals surface area (Å²) in [7, 11) is 0. The molecular weight excluding hydrogens is 204 g/mol. The van der Waals surface area contributed by atoms with Crippen LogP contribution in [-0.2, 0) is 4.74 Å². The van der Waals surface area contributed by atoms with Gasteiger partial charge in [-0.3, -0.25) is 0 Å². The lowest BCUT2D eigenvalue weighted by Gasteiger charge is -2.35. The van der Waals surface area contributed by atoms with Crippen molar-refractivity contribution in [3.8, 4) is 0 Å². The van der Waals surface area contributed by atoms with Gasteiger partial charge in [0.05, 0.1) is 19.3 Å². The van der Waals surface area contributed by atoms with Crippen molar-refractivity contribution in [3.05, 3.63) is 12.2 Å². The molecule has 1 rings (SSSR count). The minimum absolute atomic E-state index is 0.155. The molecule has 3 nitrogen and oxygen atoms in total. The lowest BCUT2D eigenvalue weighted by Crippen LogP contribution is -2.34. The quantitative estimate of drug-likeness (QED) is 0.705. The van der Waals surface area contributed by atoms with Gasteiger partial charge in [0.1, 0.15) is 6.10 Å². The largest absolute Gasteiger partial charge is 0.394 e. The Kier molecular flexibility index (Phi) is 5.46. The highest BCUT2D eigenvalue weighted by Gasteiger charge is 2.30. The van der Waals surface area contributed by atoms with E-state index in [9.17, 15) is 5.11 Å². The highest BCUT2D eigenvalue weighted by Crippen LogP contribution is 2.34. The first kappa shape index (κ1) is 13.7. The molecule has 3 heteroatoms. The third-order valence-corrected chi connectivity index (χ3v) is 3.40. The topological polar surface area (TPSA) is 49.7 Å². The van der Waals surface area contributed by atoms with Gasteiger partial charge in [0, 0.05) is 5.92 Å². The Bertz CT molecular complexity index is 227. The van der Waals surface area contributed by atoms with Crippen LogP contribution in [0.5, 0.6) is 0 Å². The molecule has 0 bridgehead atoms. The number of hydrogen-bond acceptors (Lipinski definition) is 3. The number of ether oxygens (including phenoxy) is 1. The van der Waals surface area contributed by atoms with Crippen LogP contribution in [0.15, 0.2) is 12.2 Å². The van der Waals surface area contributed by atoms with Gasteiger partial charge in [-0.2, -0.15) is 0 Å². The molecule has 4 atom stereocenters. The van der Waals surface area contributed by atoms with Gasteiger partial charge in [0.2, 0.25) is 0 Å². The number of hydrogen-bond donors (Lipinski definition) is 2. The van der Waals surface area contributed by atoms with Crippen molar-refractivity contribution in [2.24, 2.45) is 11.8 Å². The molecule has 0 aromatic rings. The summed E-state index contributed by atoms with van der Waals surface area (Å²) in [6.07, 6.45) is 2.76. The molecule has 0 radical (unpaired) electrons. The van der Waals surface area contributed by atoms with E-state index >= 15 is 0 Å². The third-order valence-electron chi connectivity index (χ3n) is 3.40. The number of rotatable bonds is 5. The van der Waals surface area contributed by atoms with Gasteiger partial charge < -0.3 is 14.9 Å². The SMILES string of the molecule is C=C(C)C1CCC(C)CC1OCC(O)CO. The van der Waals surface area contributed by atoms with E-state index in [1.54, 1.807) is 0 Å². The molecule has 0 aromatic carbocycles. The van der Waals surface area contributed by atoms with Crippen molar-refractivity contribution in [2.45, 2.75) is 45.3 Å². The Labute approximate surface area is 98.1 Å². The van der Waals surface area contributed by atoms with E-state index in [1.165, 1.54) is 6.42 Å². The molecule has 0 heterocycles. The van der Waals surface area contributed by atoms with Crippen LogP contribution in [0.4, 0.5) is 0 Å². The van der Waals surface area contributed by atoms with E-state index in [-0.39, 0.29) is 19.3 Å². The predicted octanol–water partition coefficient (Wildman–Crippen LogP) is 1.74. The van der Waals surface area contributed by atoms with Gasteiger partial charge in [0.15, 0.2) is 0 Å². The highest BCUT2D eigenvalue weighted by atomic mass is 16.5. The van der Waals surface area contributed by atoms with Gasteiger partial charge in [-0.25, -0.2) is 0 Å². The van der Waals surface area contributed by atoms with Gasteiger partial charge in [-0.1, -0.05) is 19.1 Å². The van der Waals surface area contributed by atoms with E-state index in [1.807, 2.05) is 6.92 Å². The number of aliphatic hydroxyl groups is 2. The Balaban J connectivity index is 2.47. The molecule has 1 aliphatic rings. The standard InChI is InChI=1S/C13H24O3/c1-9(2)12-5-4-10(3)6-13(12)16-8-11(15)7-14/h10-15H,1,4-8H2,2-3H3. The number of aliphatic hydroxyl groups excluding tert-OH is 2. The van der Waals surface area contributed by atoms with Crippen molar-refractivity contribution in [1.82, 2.24) is 0 Å². The second kappa shape index (κ2) is 6.38. The molecule has 1 fully saturated rings. The fourth-order valence-corrected chi connectivity index (χ4v) is 2.36. The molecule has 16 heavy (non-hydrogen) atoms. The van der Waals surface area contributed by atoms with Gasteiger partial charge in [-0.15, -0.1) is 0 Å². The van der Waals surface area contributed by atoms with Gasteiger partial charge in [0.25, 0.3) is 0 Å². The molecule has 2 N–H and O–H groups in total. The fourth-order valence-electron chi connectivity index (χ4n) is 2.36. The van der Waals surface area contributed by atoms with E-state index in [4.69, 9.17) is 9.84 Å². The molecule has 0 aliphatic heterocycles. The fraction of sp³-hybridized carbons (Fsp3) is 0.846. The molecule has 0 spiro atoms. The second-order valence-electron chi connectivity index (χ2n) is 5.08. The van der Waals surface area contributed by atoms with Crippen molar-refractivity contribution >= 4 is 0 Å². The molecule has 1 saturated carbocycles. The van der Waals surface area contributed by atoms with Crippen LogP contribution in [0.2, 0.25) is 0 Å². The first-order valence-corrected chi connectivity index (χ1v) is 6.10. The van der Waals surface area contributed by atoms with Gasteiger partial charge in [-0.05, 0) is 32.1 Å². The normalized spacial score (nSPS) is 32.4. The predicted molar refractivity (Wildman–Crippen MR) is 64.2 cm³/mol. The Morgan fingerprint density at radius 2 is 2.19 bits per heavy atom. The zero-order valence-corrected chi connectivity index (χ0v) is 10.4. The highest BCUT2D eigenvalue weighted by molar-refractivity contribution is 5.02. The summed E-state index contributed by atoms with van der Waals surface area (Å²) in [5, 5.41) is 18.0. The summed E-state index contributed by atoms with van der Waals surface area (Å²) in [5.74, 6) is 1.08. The van der Waals surface area contributed by atoms with Crippen LogP contribution in [0, 0.1) is 11.8 Å². The Hall–Kier alpha value is -0.380. The van der Waals surface area contributed by atoms with Crippen LogP contribution in [0.1, 0.15) is 33.1 Å². The van der Waals surface area contributed by atoms with Crippen molar-refractivity contribution in [3.63, 3.8) is 0 Å². The third kappa shape index (κ3) is 3.89. The average Bonchev–Trinajstić information content (AvgIpc) is 2.25. The lowest BCUT2D eigenvalue weighted by atomic mass is 9.77. The molecule has 0 saturated heterocycles. The molecular formula is C13H24O3. The van der Waals surface area contributed by atoms with Gasteiger partial charge >= 0.3 is 0 Å². The molecule has 94 valence electrons. The van der Waals surface area contributed by atoms with E-state index in [0.29, 0.717) is 11.8 Å². The maximum atomic E-state index is 9.28. The average molecular weight is 228 g/mol.